The highest BCUT2D eigenvalue weighted by atomic mass is 16.5. The molecule has 0 saturated heterocycles. The highest BCUT2D eigenvalue weighted by Gasteiger charge is 2.45. The molecule has 1 heterocycles. The molecular formula is C18H29NO2. The molecule has 0 saturated carbocycles. The van der Waals surface area contributed by atoms with Crippen LogP contribution >= 0.6 is 0 Å². The van der Waals surface area contributed by atoms with Crippen molar-refractivity contribution in [1.29, 1.82) is 0 Å². The molecule has 1 aromatic rings. The summed E-state index contributed by atoms with van der Waals surface area (Å²) >= 11 is 0. The number of benzene rings is 1. The van der Waals surface area contributed by atoms with E-state index in [0.717, 1.165) is 30.7 Å². The first-order valence-electron chi connectivity index (χ1n) is 7.96. The number of unbranched alkanes of at least 4 members (excludes halogenated alkanes) is 1. The molecule has 1 N–H and O–H groups in total. The van der Waals surface area contributed by atoms with Crippen LogP contribution in [0.5, 0.6) is 5.75 Å². The highest BCUT2D eigenvalue weighted by molar-refractivity contribution is 5.45. The van der Waals surface area contributed by atoms with Gasteiger partial charge in [0.2, 0.25) is 0 Å². The zero-order chi connectivity index (χ0) is 15.8. The van der Waals surface area contributed by atoms with Gasteiger partial charge in [-0.15, -0.1) is 0 Å². The number of hydrogen-bond acceptors (Lipinski definition) is 3. The first-order chi connectivity index (χ1) is 9.77. The van der Waals surface area contributed by atoms with Gasteiger partial charge in [0.25, 0.3) is 0 Å². The molecule has 0 bridgehead atoms. The predicted molar refractivity (Wildman–Crippen MR) is 86.9 cm³/mol. The van der Waals surface area contributed by atoms with Crippen molar-refractivity contribution in [2.24, 2.45) is 0 Å². The van der Waals surface area contributed by atoms with Crippen LogP contribution in [0, 0.1) is 13.8 Å². The van der Waals surface area contributed by atoms with Gasteiger partial charge in [-0.1, -0.05) is 13.3 Å². The maximum atomic E-state index is 10.9. The van der Waals surface area contributed by atoms with Crippen molar-refractivity contribution < 1.29 is 9.84 Å². The van der Waals surface area contributed by atoms with Crippen molar-refractivity contribution in [3.05, 3.63) is 28.8 Å². The van der Waals surface area contributed by atoms with Crippen molar-refractivity contribution in [3.63, 3.8) is 0 Å². The summed E-state index contributed by atoms with van der Waals surface area (Å²) in [4.78, 5) is 2.24. The quantitative estimate of drug-likeness (QED) is 0.920. The number of rotatable bonds is 4. The molecule has 0 radical (unpaired) electrons. The summed E-state index contributed by atoms with van der Waals surface area (Å²) in [6.07, 6.45) is 1.78. The lowest BCUT2D eigenvalue weighted by atomic mass is 9.84. The van der Waals surface area contributed by atoms with E-state index in [4.69, 9.17) is 4.74 Å². The van der Waals surface area contributed by atoms with Gasteiger partial charge in [0, 0.05) is 5.56 Å². The smallest absolute Gasteiger partial charge is 0.126 e. The molecule has 3 heteroatoms. The number of aliphatic hydroxyl groups excluding tert-OH is 1. The van der Waals surface area contributed by atoms with Crippen LogP contribution in [0.1, 0.15) is 56.4 Å². The van der Waals surface area contributed by atoms with E-state index in [0.29, 0.717) is 0 Å². The van der Waals surface area contributed by atoms with Gasteiger partial charge in [-0.3, -0.25) is 4.90 Å². The summed E-state index contributed by atoms with van der Waals surface area (Å²) in [6.45, 7) is 11.5. The maximum Gasteiger partial charge on any atom is 0.126 e. The number of aliphatic hydroxyl groups is 1. The maximum absolute atomic E-state index is 10.9. The van der Waals surface area contributed by atoms with Crippen molar-refractivity contribution in [2.45, 2.75) is 65.2 Å². The number of fused-ring (bicyclic) bond motifs is 1. The topological polar surface area (TPSA) is 32.7 Å². The average Bonchev–Trinajstić information content (AvgIpc) is 2.38. The Hall–Kier alpha value is -1.06. The predicted octanol–water partition coefficient (Wildman–Crippen LogP) is 3.61. The lowest BCUT2D eigenvalue weighted by Gasteiger charge is -2.47. The van der Waals surface area contributed by atoms with E-state index < -0.39 is 11.7 Å². The van der Waals surface area contributed by atoms with E-state index in [1.54, 1.807) is 0 Å². The third kappa shape index (κ3) is 3.09. The lowest BCUT2D eigenvalue weighted by molar-refractivity contribution is -0.0750. The van der Waals surface area contributed by atoms with Gasteiger partial charge in [0.15, 0.2) is 0 Å². The fraction of sp³-hybridized carbons (Fsp3) is 0.667. The molecule has 2 atom stereocenters. The van der Waals surface area contributed by atoms with Crippen LogP contribution in [0.15, 0.2) is 12.1 Å². The second-order valence-corrected chi connectivity index (χ2v) is 6.90. The molecule has 3 nitrogen and oxygen atoms in total. The minimum absolute atomic E-state index is 0.0290. The van der Waals surface area contributed by atoms with Crippen LogP contribution in [0.3, 0.4) is 0 Å². The second-order valence-electron chi connectivity index (χ2n) is 6.90. The average molecular weight is 291 g/mol. The molecule has 0 aliphatic carbocycles. The van der Waals surface area contributed by atoms with Gasteiger partial charge in [-0.25, -0.2) is 0 Å². The van der Waals surface area contributed by atoms with E-state index in [1.165, 1.54) is 11.1 Å². The zero-order valence-corrected chi connectivity index (χ0v) is 14.2. The van der Waals surface area contributed by atoms with Gasteiger partial charge in [-0.05, 0) is 71.0 Å². The summed E-state index contributed by atoms with van der Waals surface area (Å²) in [5.41, 5.74) is 2.92. The standard InChI is InChI=1S/C18H29NO2/c1-7-8-9-19(6)17-16(20)14-10-12(2)13(3)11-15(14)21-18(17,4)5/h10-11,16-17,20H,7-9H2,1-6H3. The van der Waals surface area contributed by atoms with E-state index in [9.17, 15) is 5.11 Å². The summed E-state index contributed by atoms with van der Waals surface area (Å²) in [5.74, 6) is 0.829. The molecule has 1 aromatic carbocycles. The van der Waals surface area contributed by atoms with Gasteiger partial charge in [-0.2, -0.15) is 0 Å². The summed E-state index contributed by atoms with van der Waals surface area (Å²) in [5, 5.41) is 10.9. The SMILES string of the molecule is CCCCN(C)C1C(O)c2cc(C)c(C)cc2OC1(C)C. The number of nitrogens with zero attached hydrogens (tertiary/aromatic N) is 1. The summed E-state index contributed by atoms with van der Waals surface area (Å²) < 4.78 is 6.24. The Morgan fingerprint density at radius 1 is 1.24 bits per heavy atom. The first-order valence-corrected chi connectivity index (χ1v) is 7.96. The van der Waals surface area contributed by atoms with E-state index >= 15 is 0 Å². The molecule has 0 amide bonds. The Labute approximate surface area is 128 Å². The van der Waals surface area contributed by atoms with Crippen molar-refractivity contribution in [1.82, 2.24) is 4.90 Å². The third-order valence-corrected chi connectivity index (χ3v) is 4.67. The molecule has 21 heavy (non-hydrogen) atoms. The molecule has 0 spiro atoms. The van der Waals surface area contributed by atoms with Crippen LogP contribution < -0.4 is 4.74 Å². The molecule has 0 fully saturated rings. The monoisotopic (exact) mass is 291 g/mol. The number of ether oxygens (including phenoxy) is 1. The molecule has 118 valence electrons. The van der Waals surface area contributed by atoms with Crippen LogP contribution in [-0.4, -0.2) is 35.2 Å². The Bertz CT molecular complexity index is 510. The van der Waals surface area contributed by atoms with E-state index in [1.807, 2.05) is 0 Å². The third-order valence-electron chi connectivity index (χ3n) is 4.67. The van der Waals surface area contributed by atoms with Crippen LogP contribution in [0.2, 0.25) is 0 Å². The lowest BCUT2D eigenvalue weighted by Crippen LogP contribution is -2.57. The van der Waals surface area contributed by atoms with Gasteiger partial charge >= 0.3 is 0 Å². The fourth-order valence-corrected chi connectivity index (χ4v) is 3.34. The van der Waals surface area contributed by atoms with E-state index in [-0.39, 0.29) is 6.04 Å². The normalized spacial score (nSPS) is 23.8. The molecule has 2 unspecified atom stereocenters. The van der Waals surface area contributed by atoms with Crippen LogP contribution in [0.4, 0.5) is 0 Å². The molecule has 2 rings (SSSR count). The highest BCUT2D eigenvalue weighted by Crippen LogP contribution is 2.42. The summed E-state index contributed by atoms with van der Waals surface area (Å²) in [6, 6.07) is 4.10. The Kier molecular flexibility index (Phi) is 4.64. The summed E-state index contributed by atoms with van der Waals surface area (Å²) in [7, 11) is 2.08. The second kappa shape index (κ2) is 5.98. The first kappa shape index (κ1) is 16.3. The minimum atomic E-state index is -0.509. The van der Waals surface area contributed by atoms with Crippen molar-refractivity contribution >= 4 is 0 Å². The number of hydrogen-bond donors (Lipinski definition) is 1. The van der Waals surface area contributed by atoms with Crippen LogP contribution in [0.25, 0.3) is 0 Å². The van der Waals surface area contributed by atoms with Gasteiger partial charge < -0.3 is 9.84 Å². The fourth-order valence-electron chi connectivity index (χ4n) is 3.34. The number of aryl methyl sites for hydroxylation is 2. The molecule has 1 aliphatic rings. The number of likely N-dealkylation sites (N-methyl/N-ethyl adjacent to an activating group) is 1. The van der Waals surface area contributed by atoms with Crippen LogP contribution in [-0.2, 0) is 0 Å². The Morgan fingerprint density at radius 3 is 2.48 bits per heavy atom. The molecule has 1 aliphatic heterocycles. The van der Waals surface area contributed by atoms with Crippen molar-refractivity contribution in [3.8, 4) is 5.75 Å². The minimum Gasteiger partial charge on any atom is -0.486 e. The van der Waals surface area contributed by atoms with Gasteiger partial charge in [0.1, 0.15) is 17.5 Å². The zero-order valence-electron chi connectivity index (χ0n) is 14.2. The molecular weight excluding hydrogens is 262 g/mol. The Morgan fingerprint density at radius 2 is 1.86 bits per heavy atom. The largest absolute Gasteiger partial charge is 0.486 e. The van der Waals surface area contributed by atoms with Gasteiger partial charge in [0.05, 0.1) is 6.04 Å². The van der Waals surface area contributed by atoms with E-state index in [2.05, 4.69) is 58.7 Å². The Balaban J connectivity index is 2.37. The van der Waals surface area contributed by atoms with Crippen molar-refractivity contribution in [2.75, 3.05) is 13.6 Å². The molecule has 0 aromatic heterocycles.